The van der Waals surface area contributed by atoms with Crippen molar-refractivity contribution in [2.45, 2.75) is 25.7 Å². The van der Waals surface area contributed by atoms with Gasteiger partial charge in [-0.2, -0.15) is 15.5 Å². The van der Waals surface area contributed by atoms with E-state index in [4.69, 9.17) is 0 Å². The number of carbonyl (C=O) groups excluding carboxylic acids is 2. The number of hydrogen-bond acceptors (Lipinski definition) is 6. The molecule has 0 aromatic carbocycles. The number of carbonyl (C=O) groups is 2. The van der Waals surface area contributed by atoms with Crippen LogP contribution in [0.2, 0.25) is 0 Å². The van der Waals surface area contributed by atoms with Gasteiger partial charge in [-0.25, -0.2) is 4.52 Å². The third-order valence-electron chi connectivity index (χ3n) is 6.35. The lowest BCUT2D eigenvalue weighted by molar-refractivity contribution is -0.136. The quantitative estimate of drug-likeness (QED) is 0.624. The van der Waals surface area contributed by atoms with Crippen LogP contribution in [0.5, 0.6) is 0 Å². The average Bonchev–Trinajstić information content (AvgIpc) is 3.42. The number of nitriles is 1. The molecule has 2 fully saturated rings. The molecular formula is C21H20N6O2. The third kappa shape index (κ3) is 2.58. The van der Waals surface area contributed by atoms with E-state index in [1.807, 2.05) is 25.5 Å². The SMILES string of the molecule is Cn1cc(-c2cc(N3CCC4(CC3)C(=O)CCC4=O)c3c(C#N)cnn3c2)cn1. The van der Waals surface area contributed by atoms with Crippen LogP contribution in [-0.2, 0) is 16.6 Å². The molecule has 1 spiro atoms. The van der Waals surface area contributed by atoms with Gasteiger partial charge in [0.05, 0.1) is 29.1 Å². The molecule has 1 saturated carbocycles. The molecule has 2 aliphatic rings. The lowest BCUT2D eigenvalue weighted by Gasteiger charge is -2.38. The van der Waals surface area contributed by atoms with Crippen molar-refractivity contribution >= 4 is 22.8 Å². The van der Waals surface area contributed by atoms with E-state index >= 15 is 0 Å². The number of nitrogens with zero attached hydrogens (tertiary/aromatic N) is 6. The molecule has 29 heavy (non-hydrogen) atoms. The number of aromatic nitrogens is 4. The van der Waals surface area contributed by atoms with Gasteiger partial charge in [-0.05, 0) is 18.9 Å². The van der Waals surface area contributed by atoms with Crippen molar-refractivity contribution in [1.29, 1.82) is 5.26 Å². The number of rotatable bonds is 2. The maximum atomic E-state index is 12.4. The second-order valence-electron chi connectivity index (χ2n) is 7.90. The zero-order valence-electron chi connectivity index (χ0n) is 16.1. The molecule has 146 valence electrons. The van der Waals surface area contributed by atoms with E-state index in [0.717, 1.165) is 22.3 Å². The Morgan fingerprint density at radius 3 is 2.38 bits per heavy atom. The first-order valence-corrected chi connectivity index (χ1v) is 9.74. The average molecular weight is 388 g/mol. The van der Waals surface area contributed by atoms with Crippen LogP contribution in [-0.4, -0.2) is 44.1 Å². The number of anilines is 1. The van der Waals surface area contributed by atoms with Crippen molar-refractivity contribution in [3.8, 4) is 17.2 Å². The minimum atomic E-state index is -0.786. The van der Waals surface area contributed by atoms with Gasteiger partial charge in [-0.1, -0.05) is 0 Å². The number of Topliss-reactive ketones (excluding diaryl/α,β-unsaturated/α-hetero) is 2. The van der Waals surface area contributed by atoms with Crippen LogP contribution in [0.25, 0.3) is 16.6 Å². The number of hydrogen-bond donors (Lipinski definition) is 0. The molecule has 3 aromatic rings. The zero-order valence-corrected chi connectivity index (χ0v) is 16.1. The molecule has 0 amide bonds. The first kappa shape index (κ1) is 17.6. The fourth-order valence-corrected chi connectivity index (χ4v) is 4.70. The van der Waals surface area contributed by atoms with Gasteiger partial charge in [-0.3, -0.25) is 14.3 Å². The standard InChI is InChI=1S/C21H20N6O2/c1-25-12-16(11-23-25)14-8-17(20-15(9-22)10-24-27(20)13-14)26-6-4-21(5-7-26)18(28)2-3-19(21)29/h8,10-13H,2-7H2,1H3. The van der Waals surface area contributed by atoms with E-state index in [9.17, 15) is 14.9 Å². The molecule has 4 heterocycles. The van der Waals surface area contributed by atoms with Crippen LogP contribution >= 0.6 is 0 Å². The number of pyridine rings is 1. The number of fused-ring (bicyclic) bond motifs is 1. The maximum Gasteiger partial charge on any atom is 0.146 e. The fraction of sp³-hybridized carbons (Fsp3) is 0.381. The van der Waals surface area contributed by atoms with Crippen molar-refractivity contribution in [3.63, 3.8) is 0 Å². The largest absolute Gasteiger partial charge is 0.370 e. The Bertz CT molecular complexity index is 1170. The highest BCUT2D eigenvalue weighted by Gasteiger charge is 2.50. The molecule has 0 atom stereocenters. The van der Waals surface area contributed by atoms with Crippen LogP contribution in [0, 0.1) is 16.7 Å². The molecule has 1 aliphatic carbocycles. The van der Waals surface area contributed by atoms with Crippen molar-refractivity contribution < 1.29 is 9.59 Å². The molecule has 8 heteroatoms. The molecule has 0 unspecified atom stereocenters. The Labute approximate surface area is 167 Å². The minimum absolute atomic E-state index is 0.0958. The summed E-state index contributed by atoms with van der Waals surface area (Å²) in [6.45, 7) is 1.19. The highest BCUT2D eigenvalue weighted by atomic mass is 16.2. The summed E-state index contributed by atoms with van der Waals surface area (Å²) < 4.78 is 3.47. The minimum Gasteiger partial charge on any atom is -0.370 e. The Morgan fingerprint density at radius 1 is 1.03 bits per heavy atom. The maximum absolute atomic E-state index is 12.4. The van der Waals surface area contributed by atoms with Gasteiger partial charge in [0.15, 0.2) is 0 Å². The molecule has 8 nitrogen and oxygen atoms in total. The highest BCUT2D eigenvalue weighted by molar-refractivity contribution is 6.13. The van der Waals surface area contributed by atoms with Gasteiger partial charge in [0.25, 0.3) is 0 Å². The van der Waals surface area contributed by atoms with Crippen molar-refractivity contribution in [1.82, 2.24) is 19.4 Å². The summed E-state index contributed by atoms with van der Waals surface area (Å²) in [7, 11) is 1.87. The normalized spacial score (nSPS) is 18.7. The van der Waals surface area contributed by atoms with Crippen molar-refractivity contribution in [2.75, 3.05) is 18.0 Å². The van der Waals surface area contributed by atoms with E-state index in [-0.39, 0.29) is 11.6 Å². The van der Waals surface area contributed by atoms with Gasteiger partial charge >= 0.3 is 0 Å². The summed E-state index contributed by atoms with van der Waals surface area (Å²) in [6.07, 6.45) is 9.00. The predicted octanol–water partition coefficient (Wildman–Crippen LogP) is 2.13. The van der Waals surface area contributed by atoms with Gasteiger partial charge in [-0.15, -0.1) is 0 Å². The van der Waals surface area contributed by atoms with Crippen LogP contribution in [0.1, 0.15) is 31.2 Å². The highest BCUT2D eigenvalue weighted by Crippen LogP contribution is 2.43. The van der Waals surface area contributed by atoms with Crippen molar-refractivity contribution in [3.05, 3.63) is 36.4 Å². The van der Waals surface area contributed by atoms with Gasteiger partial charge < -0.3 is 4.90 Å². The van der Waals surface area contributed by atoms with Gasteiger partial charge in [0.2, 0.25) is 0 Å². The zero-order chi connectivity index (χ0) is 20.2. The topological polar surface area (TPSA) is 96.3 Å². The summed E-state index contributed by atoms with van der Waals surface area (Å²) in [6, 6.07) is 4.27. The van der Waals surface area contributed by atoms with E-state index < -0.39 is 5.41 Å². The van der Waals surface area contributed by atoms with Crippen LogP contribution in [0.4, 0.5) is 5.69 Å². The Kier molecular flexibility index (Phi) is 3.81. The van der Waals surface area contributed by atoms with E-state index in [1.54, 1.807) is 21.6 Å². The Hall–Kier alpha value is -3.47. The monoisotopic (exact) mass is 388 g/mol. The second-order valence-corrected chi connectivity index (χ2v) is 7.90. The number of ketones is 2. The van der Waals surface area contributed by atoms with Gasteiger partial charge in [0, 0.05) is 56.5 Å². The smallest absolute Gasteiger partial charge is 0.146 e. The third-order valence-corrected chi connectivity index (χ3v) is 6.35. The van der Waals surface area contributed by atoms with E-state index in [0.29, 0.717) is 44.3 Å². The molecule has 0 bridgehead atoms. The summed E-state index contributed by atoms with van der Waals surface area (Å²) in [5, 5.41) is 18.2. The summed E-state index contributed by atoms with van der Waals surface area (Å²) >= 11 is 0. The van der Waals surface area contributed by atoms with Crippen molar-refractivity contribution in [2.24, 2.45) is 12.5 Å². The lowest BCUT2D eigenvalue weighted by atomic mass is 9.75. The Balaban J connectivity index is 1.57. The van der Waals surface area contributed by atoms with E-state index in [2.05, 4.69) is 21.2 Å². The first-order chi connectivity index (χ1) is 14.0. The molecule has 1 aliphatic heterocycles. The molecular weight excluding hydrogens is 368 g/mol. The molecule has 5 rings (SSSR count). The summed E-state index contributed by atoms with van der Waals surface area (Å²) in [4.78, 5) is 27.0. The fourth-order valence-electron chi connectivity index (χ4n) is 4.70. The first-order valence-electron chi connectivity index (χ1n) is 9.74. The number of aryl methyl sites for hydroxylation is 1. The summed E-state index contributed by atoms with van der Waals surface area (Å²) in [5.41, 5.74) is 3.27. The van der Waals surface area contributed by atoms with Crippen LogP contribution < -0.4 is 4.90 Å². The van der Waals surface area contributed by atoms with Crippen LogP contribution in [0.3, 0.4) is 0 Å². The van der Waals surface area contributed by atoms with Crippen LogP contribution in [0.15, 0.2) is 30.9 Å². The lowest BCUT2D eigenvalue weighted by Crippen LogP contribution is -2.45. The molecule has 0 N–H and O–H groups in total. The molecule has 3 aromatic heterocycles. The molecule has 0 radical (unpaired) electrons. The number of piperidine rings is 1. The van der Waals surface area contributed by atoms with E-state index in [1.165, 1.54) is 0 Å². The summed E-state index contributed by atoms with van der Waals surface area (Å²) in [5.74, 6) is 0.192. The Morgan fingerprint density at radius 2 is 1.76 bits per heavy atom. The van der Waals surface area contributed by atoms with Gasteiger partial charge in [0.1, 0.15) is 23.2 Å². The molecule has 1 saturated heterocycles. The predicted molar refractivity (Wildman–Crippen MR) is 105 cm³/mol. The second kappa shape index (κ2) is 6.27.